The van der Waals surface area contributed by atoms with Gasteiger partial charge in [-0.25, -0.2) is 9.97 Å². The zero-order chi connectivity index (χ0) is 16.5. The minimum atomic E-state index is 0.472. The molecule has 1 saturated heterocycles. The average Bonchev–Trinajstić information content (AvgIpc) is 3.11. The summed E-state index contributed by atoms with van der Waals surface area (Å²) >= 11 is 0. The zero-order valence-corrected chi connectivity index (χ0v) is 14.4. The second-order valence-corrected chi connectivity index (χ2v) is 6.90. The van der Waals surface area contributed by atoms with Gasteiger partial charge in [-0.15, -0.1) is 0 Å². The van der Waals surface area contributed by atoms with Gasteiger partial charge in [0.2, 0.25) is 0 Å². The summed E-state index contributed by atoms with van der Waals surface area (Å²) in [5.74, 6) is 2.92. The van der Waals surface area contributed by atoms with Crippen LogP contribution in [0.2, 0.25) is 0 Å². The van der Waals surface area contributed by atoms with Crippen LogP contribution in [0.4, 0.5) is 5.82 Å². The number of nitrogens with zero attached hydrogens (tertiary/aromatic N) is 4. The molecule has 0 spiro atoms. The molecular weight excluding hydrogens is 296 g/mol. The monoisotopic (exact) mass is 320 g/mol. The van der Waals surface area contributed by atoms with Gasteiger partial charge in [0.05, 0.1) is 0 Å². The summed E-state index contributed by atoms with van der Waals surface area (Å²) in [6.07, 6.45) is 8.24. The molecule has 2 aromatic heterocycles. The molecule has 0 atom stereocenters. The molecule has 3 aromatic rings. The van der Waals surface area contributed by atoms with E-state index in [1.165, 1.54) is 16.6 Å². The van der Waals surface area contributed by atoms with Gasteiger partial charge in [0, 0.05) is 49.0 Å². The van der Waals surface area contributed by atoms with E-state index in [0.717, 1.165) is 31.7 Å². The van der Waals surface area contributed by atoms with E-state index in [2.05, 4.69) is 69.8 Å². The fourth-order valence-electron chi connectivity index (χ4n) is 3.78. The predicted molar refractivity (Wildman–Crippen MR) is 98.5 cm³/mol. The molecule has 3 heterocycles. The highest BCUT2D eigenvalue weighted by atomic mass is 15.2. The van der Waals surface area contributed by atoms with E-state index in [9.17, 15) is 0 Å². The number of hydrogen-bond donors (Lipinski definition) is 0. The smallest absolute Gasteiger partial charge is 0.136 e. The number of anilines is 1. The predicted octanol–water partition coefficient (Wildman–Crippen LogP) is 4.40. The third kappa shape index (κ3) is 2.66. The maximum atomic E-state index is 4.67. The van der Waals surface area contributed by atoms with Crippen LogP contribution in [0.5, 0.6) is 0 Å². The molecule has 4 rings (SSSR count). The van der Waals surface area contributed by atoms with Crippen LogP contribution in [-0.2, 0) is 0 Å². The molecule has 1 aromatic carbocycles. The number of hydrogen-bond acceptors (Lipinski definition) is 3. The first kappa shape index (κ1) is 15.2. The van der Waals surface area contributed by atoms with Crippen LogP contribution in [0.15, 0.2) is 48.9 Å². The SMILES string of the molecule is CC(C)n1ccnc1C1CCN(c2nccc3ccccc23)CC1. The van der Waals surface area contributed by atoms with Crippen LogP contribution in [0, 0.1) is 0 Å². The topological polar surface area (TPSA) is 34.0 Å². The van der Waals surface area contributed by atoms with Gasteiger partial charge in [-0.3, -0.25) is 0 Å². The summed E-state index contributed by atoms with van der Waals surface area (Å²) < 4.78 is 2.32. The number of benzene rings is 1. The zero-order valence-electron chi connectivity index (χ0n) is 14.4. The minimum absolute atomic E-state index is 0.472. The molecule has 1 aliphatic rings. The summed E-state index contributed by atoms with van der Waals surface area (Å²) in [7, 11) is 0. The van der Waals surface area contributed by atoms with Crippen molar-refractivity contribution in [1.29, 1.82) is 0 Å². The maximum Gasteiger partial charge on any atom is 0.136 e. The number of aromatic nitrogens is 3. The van der Waals surface area contributed by atoms with E-state index in [1.54, 1.807) is 0 Å². The summed E-state index contributed by atoms with van der Waals surface area (Å²) in [5.41, 5.74) is 0. The summed E-state index contributed by atoms with van der Waals surface area (Å²) in [6.45, 7) is 6.52. The summed E-state index contributed by atoms with van der Waals surface area (Å²) in [6, 6.07) is 11.1. The molecule has 0 bridgehead atoms. The molecule has 0 saturated carbocycles. The minimum Gasteiger partial charge on any atom is -0.356 e. The first-order valence-electron chi connectivity index (χ1n) is 8.85. The van der Waals surface area contributed by atoms with Crippen molar-refractivity contribution in [3.8, 4) is 0 Å². The molecule has 0 radical (unpaired) electrons. The standard InChI is InChI=1S/C20H24N4/c1-15(2)24-14-11-22-19(24)17-8-12-23(13-9-17)20-18-6-4-3-5-16(18)7-10-21-20/h3-7,10-11,14-15,17H,8-9,12-13H2,1-2H3. The van der Waals surface area contributed by atoms with Crippen molar-refractivity contribution in [2.45, 2.75) is 38.6 Å². The van der Waals surface area contributed by atoms with E-state index >= 15 is 0 Å². The Kier molecular flexibility index (Phi) is 3.97. The quantitative estimate of drug-likeness (QED) is 0.717. The molecule has 0 amide bonds. The van der Waals surface area contributed by atoms with Crippen LogP contribution >= 0.6 is 0 Å². The maximum absolute atomic E-state index is 4.67. The lowest BCUT2D eigenvalue weighted by molar-refractivity contribution is 0.448. The summed E-state index contributed by atoms with van der Waals surface area (Å²) in [5, 5.41) is 2.52. The Morgan fingerprint density at radius 2 is 1.79 bits per heavy atom. The first-order valence-corrected chi connectivity index (χ1v) is 8.85. The largest absolute Gasteiger partial charge is 0.356 e. The third-order valence-corrected chi connectivity index (χ3v) is 5.07. The highest BCUT2D eigenvalue weighted by molar-refractivity contribution is 5.92. The van der Waals surface area contributed by atoms with Gasteiger partial charge in [-0.1, -0.05) is 24.3 Å². The number of fused-ring (bicyclic) bond motifs is 1. The number of piperidine rings is 1. The van der Waals surface area contributed by atoms with Crippen LogP contribution in [-0.4, -0.2) is 27.6 Å². The third-order valence-electron chi connectivity index (χ3n) is 5.07. The molecule has 0 unspecified atom stereocenters. The lowest BCUT2D eigenvalue weighted by atomic mass is 9.95. The van der Waals surface area contributed by atoms with Crippen molar-refractivity contribution in [2.75, 3.05) is 18.0 Å². The van der Waals surface area contributed by atoms with Crippen molar-refractivity contribution in [2.24, 2.45) is 0 Å². The highest BCUT2D eigenvalue weighted by Gasteiger charge is 2.25. The Labute approximate surface area is 143 Å². The highest BCUT2D eigenvalue weighted by Crippen LogP contribution is 2.32. The van der Waals surface area contributed by atoms with E-state index in [1.807, 2.05) is 12.4 Å². The molecule has 24 heavy (non-hydrogen) atoms. The Hall–Kier alpha value is -2.36. The molecule has 4 nitrogen and oxygen atoms in total. The summed E-state index contributed by atoms with van der Waals surface area (Å²) in [4.78, 5) is 11.7. The van der Waals surface area contributed by atoms with Crippen molar-refractivity contribution in [3.05, 3.63) is 54.7 Å². The Morgan fingerprint density at radius 3 is 2.58 bits per heavy atom. The van der Waals surface area contributed by atoms with Crippen LogP contribution in [0.3, 0.4) is 0 Å². The van der Waals surface area contributed by atoms with E-state index in [4.69, 9.17) is 0 Å². The molecular formula is C20H24N4. The van der Waals surface area contributed by atoms with E-state index in [0.29, 0.717) is 12.0 Å². The van der Waals surface area contributed by atoms with E-state index in [-0.39, 0.29) is 0 Å². The average molecular weight is 320 g/mol. The van der Waals surface area contributed by atoms with Gasteiger partial charge in [-0.2, -0.15) is 0 Å². The van der Waals surface area contributed by atoms with Gasteiger partial charge in [0.1, 0.15) is 11.6 Å². The second kappa shape index (κ2) is 6.27. The number of rotatable bonds is 3. The Morgan fingerprint density at radius 1 is 1.00 bits per heavy atom. The fraction of sp³-hybridized carbons (Fsp3) is 0.400. The number of pyridine rings is 1. The van der Waals surface area contributed by atoms with Crippen molar-refractivity contribution in [1.82, 2.24) is 14.5 Å². The lowest BCUT2D eigenvalue weighted by Crippen LogP contribution is -2.34. The number of imidazole rings is 1. The first-order chi connectivity index (χ1) is 11.7. The molecule has 4 heteroatoms. The molecule has 1 fully saturated rings. The fourth-order valence-corrected chi connectivity index (χ4v) is 3.78. The van der Waals surface area contributed by atoms with Gasteiger partial charge in [0.25, 0.3) is 0 Å². The van der Waals surface area contributed by atoms with Gasteiger partial charge < -0.3 is 9.47 Å². The van der Waals surface area contributed by atoms with Crippen molar-refractivity contribution in [3.63, 3.8) is 0 Å². The van der Waals surface area contributed by atoms with Crippen LogP contribution < -0.4 is 4.90 Å². The Bertz CT molecular complexity index is 823. The van der Waals surface area contributed by atoms with Crippen LogP contribution in [0.25, 0.3) is 10.8 Å². The molecule has 0 aliphatic carbocycles. The molecule has 124 valence electrons. The lowest BCUT2D eigenvalue weighted by Gasteiger charge is -2.33. The molecule has 0 N–H and O–H groups in total. The Balaban J connectivity index is 1.55. The van der Waals surface area contributed by atoms with Crippen LogP contribution in [0.1, 0.15) is 44.5 Å². The van der Waals surface area contributed by atoms with Gasteiger partial charge in [-0.05, 0) is 38.1 Å². The molecule has 1 aliphatic heterocycles. The van der Waals surface area contributed by atoms with Crippen molar-refractivity contribution >= 4 is 16.6 Å². The van der Waals surface area contributed by atoms with Gasteiger partial charge >= 0.3 is 0 Å². The van der Waals surface area contributed by atoms with E-state index < -0.39 is 0 Å². The normalized spacial score (nSPS) is 16.2. The van der Waals surface area contributed by atoms with Crippen molar-refractivity contribution < 1.29 is 0 Å². The van der Waals surface area contributed by atoms with Gasteiger partial charge in [0.15, 0.2) is 0 Å². The second-order valence-electron chi connectivity index (χ2n) is 6.90.